The van der Waals surface area contributed by atoms with Crippen LogP contribution >= 0.6 is 0 Å². The molecule has 0 atom stereocenters. The molecule has 13 heavy (non-hydrogen) atoms. The van der Waals surface area contributed by atoms with Crippen LogP contribution in [0.25, 0.3) is 5.52 Å². The molecule has 2 aromatic heterocycles. The summed E-state index contributed by atoms with van der Waals surface area (Å²) in [7, 11) is 1.59. The van der Waals surface area contributed by atoms with Crippen LogP contribution in [-0.4, -0.2) is 27.6 Å². The molecule has 2 rings (SSSR count). The number of hydrogen-bond acceptors (Lipinski definition) is 3. The first-order chi connectivity index (χ1) is 6.33. The van der Waals surface area contributed by atoms with Gasteiger partial charge in [-0.2, -0.15) is 5.10 Å². The Morgan fingerprint density at radius 3 is 3.15 bits per heavy atom. The van der Waals surface area contributed by atoms with Gasteiger partial charge in [-0.15, -0.1) is 0 Å². The number of nitrogens with one attached hydrogen (secondary N) is 1. The zero-order chi connectivity index (χ0) is 9.26. The van der Waals surface area contributed by atoms with Crippen LogP contribution in [0, 0.1) is 0 Å². The maximum absolute atomic E-state index is 11.3. The lowest BCUT2D eigenvalue weighted by Gasteiger charge is -1.95. The molecule has 1 N–H and O–H groups in total. The standard InChI is InChI=1S/C8H8N4O/c1-9-8(13)6-4-11-12-3-2-10-5-7(6)12/h2-5H,1H3,(H,9,13). The molecule has 2 aromatic rings. The van der Waals surface area contributed by atoms with Crippen molar-refractivity contribution < 1.29 is 4.79 Å². The van der Waals surface area contributed by atoms with Crippen LogP contribution in [0.5, 0.6) is 0 Å². The Balaban J connectivity index is 2.64. The molecular weight excluding hydrogens is 168 g/mol. The summed E-state index contributed by atoms with van der Waals surface area (Å²) in [5.41, 5.74) is 1.25. The summed E-state index contributed by atoms with van der Waals surface area (Å²) in [6.07, 6.45) is 6.45. The van der Waals surface area contributed by atoms with Gasteiger partial charge < -0.3 is 5.32 Å². The van der Waals surface area contributed by atoms with Crippen molar-refractivity contribution in [2.24, 2.45) is 0 Å². The Bertz CT molecular complexity index is 448. The van der Waals surface area contributed by atoms with E-state index in [0.29, 0.717) is 11.1 Å². The molecule has 0 saturated carbocycles. The van der Waals surface area contributed by atoms with E-state index >= 15 is 0 Å². The minimum absolute atomic E-state index is 0.150. The molecule has 0 unspecified atom stereocenters. The van der Waals surface area contributed by atoms with E-state index in [-0.39, 0.29) is 5.91 Å². The van der Waals surface area contributed by atoms with Crippen LogP contribution in [0.1, 0.15) is 10.4 Å². The lowest BCUT2D eigenvalue weighted by atomic mass is 10.3. The fourth-order valence-corrected chi connectivity index (χ4v) is 1.14. The van der Waals surface area contributed by atoms with Crippen LogP contribution in [0.2, 0.25) is 0 Å². The number of fused-ring (bicyclic) bond motifs is 1. The third kappa shape index (κ3) is 1.14. The molecule has 0 aliphatic carbocycles. The highest BCUT2D eigenvalue weighted by Gasteiger charge is 2.09. The van der Waals surface area contributed by atoms with Crippen LogP contribution in [-0.2, 0) is 0 Å². The summed E-state index contributed by atoms with van der Waals surface area (Å²) < 4.78 is 1.61. The average molecular weight is 176 g/mol. The van der Waals surface area contributed by atoms with Crippen LogP contribution in [0.3, 0.4) is 0 Å². The second kappa shape index (κ2) is 2.85. The lowest BCUT2D eigenvalue weighted by molar-refractivity contribution is 0.0964. The Labute approximate surface area is 74.4 Å². The van der Waals surface area contributed by atoms with Crippen molar-refractivity contribution in [3.8, 4) is 0 Å². The van der Waals surface area contributed by atoms with Gasteiger partial charge in [-0.3, -0.25) is 9.78 Å². The summed E-state index contributed by atoms with van der Waals surface area (Å²) in [5.74, 6) is -0.150. The van der Waals surface area contributed by atoms with Gasteiger partial charge in [0.25, 0.3) is 5.91 Å². The van der Waals surface area contributed by atoms with Gasteiger partial charge in [-0.1, -0.05) is 0 Å². The average Bonchev–Trinajstić information content (AvgIpc) is 2.60. The molecule has 5 heteroatoms. The first kappa shape index (κ1) is 7.72. The van der Waals surface area contributed by atoms with Crippen molar-refractivity contribution in [1.82, 2.24) is 19.9 Å². The van der Waals surface area contributed by atoms with Gasteiger partial charge in [0.15, 0.2) is 0 Å². The predicted molar refractivity (Wildman–Crippen MR) is 46.4 cm³/mol. The normalized spacial score (nSPS) is 10.2. The van der Waals surface area contributed by atoms with E-state index < -0.39 is 0 Å². The summed E-state index contributed by atoms with van der Waals surface area (Å²) in [5, 5.41) is 6.54. The molecule has 0 radical (unpaired) electrons. The van der Waals surface area contributed by atoms with Crippen molar-refractivity contribution in [2.45, 2.75) is 0 Å². The highest BCUT2D eigenvalue weighted by Crippen LogP contribution is 2.07. The van der Waals surface area contributed by atoms with E-state index in [9.17, 15) is 4.79 Å². The molecule has 0 fully saturated rings. The minimum Gasteiger partial charge on any atom is -0.355 e. The van der Waals surface area contributed by atoms with Crippen molar-refractivity contribution in [3.05, 3.63) is 30.4 Å². The Kier molecular flexibility index (Phi) is 1.70. The van der Waals surface area contributed by atoms with Gasteiger partial charge in [0.1, 0.15) is 0 Å². The molecule has 0 aliphatic heterocycles. The van der Waals surface area contributed by atoms with Gasteiger partial charge in [-0.25, -0.2) is 4.52 Å². The number of carbonyl (C=O) groups is 1. The van der Waals surface area contributed by atoms with Gasteiger partial charge in [0, 0.05) is 19.4 Å². The molecule has 66 valence electrons. The van der Waals surface area contributed by atoms with Gasteiger partial charge in [0.2, 0.25) is 0 Å². The van der Waals surface area contributed by atoms with Crippen LogP contribution in [0.4, 0.5) is 0 Å². The van der Waals surface area contributed by atoms with Crippen molar-refractivity contribution in [2.75, 3.05) is 7.05 Å². The number of rotatable bonds is 1. The third-order valence-corrected chi connectivity index (χ3v) is 1.80. The largest absolute Gasteiger partial charge is 0.355 e. The van der Waals surface area contributed by atoms with E-state index in [1.54, 1.807) is 30.2 Å². The van der Waals surface area contributed by atoms with Crippen molar-refractivity contribution in [1.29, 1.82) is 0 Å². The topological polar surface area (TPSA) is 59.3 Å². The molecule has 0 spiro atoms. The SMILES string of the molecule is CNC(=O)c1cnn2ccncc12. The third-order valence-electron chi connectivity index (χ3n) is 1.80. The summed E-state index contributed by atoms with van der Waals surface area (Å²) in [4.78, 5) is 15.2. The number of aromatic nitrogens is 3. The fourth-order valence-electron chi connectivity index (χ4n) is 1.14. The van der Waals surface area contributed by atoms with E-state index in [1.807, 2.05) is 0 Å². The summed E-state index contributed by atoms with van der Waals surface area (Å²) >= 11 is 0. The highest BCUT2D eigenvalue weighted by molar-refractivity contribution is 6.00. The van der Waals surface area contributed by atoms with Crippen molar-refractivity contribution >= 4 is 11.4 Å². The fraction of sp³-hybridized carbons (Fsp3) is 0.125. The molecule has 2 heterocycles. The Hall–Kier alpha value is -1.91. The quantitative estimate of drug-likeness (QED) is 0.669. The number of hydrogen-bond donors (Lipinski definition) is 1. The maximum atomic E-state index is 11.3. The maximum Gasteiger partial charge on any atom is 0.254 e. The summed E-state index contributed by atoms with van der Waals surface area (Å²) in [6, 6.07) is 0. The predicted octanol–water partition coefficient (Wildman–Crippen LogP) is 0.0889. The molecule has 5 nitrogen and oxygen atoms in total. The first-order valence-corrected chi connectivity index (χ1v) is 3.82. The van der Waals surface area contributed by atoms with Gasteiger partial charge in [0.05, 0.1) is 23.5 Å². The zero-order valence-corrected chi connectivity index (χ0v) is 7.06. The zero-order valence-electron chi connectivity index (χ0n) is 7.06. The Morgan fingerprint density at radius 1 is 1.54 bits per heavy atom. The first-order valence-electron chi connectivity index (χ1n) is 3.82. The molecule has 0 bridgehead atoms. The lowest BCUT2D eigenvalue weighted by Crippen LogP contribution is -2.17. The molecular formula is C8H8N4O. The van der Waals surface area contributed by atoms with E-state index in [1.165, 1.54) is 6.20 Å². The molecule has 0 saturated heterocycles. The Morgan fingerprint density at radius 2 is 2.38 bits per heavy atom. The smallest absolute Gasteiger partial charge is 0.254 e. The number of amides is 1. The second-order valence-electron chi connectivity index (χ2n) is 2.54. The minimum atomic E-state index is -0.150. The molecule has 0 aliphatic rings. The van der Waals surface area contributed by atoms with E-state index in [4.69, 9.17) is 0 Å². The monoisotopic (exact) mass is 176 g/mol. The molecule has 1 amide bonds. The number of carbonyl (C=O) groups excluding carboxylic acids is 1. The van der Waals surface area contributed by atoms with Gasteiger partial charge >= 0.3 is 0 Å². The highest BCUT2D eigenvalue weighted by atomic mass is 16.1. The number of nitrogens with zero attached hydrogens (tertiary/aromatic N) is 3. The van der Waals surface area contributed by atoms with Crippen LogP contribution < -0.4 is 5.32 Å². The second-order valence-corrected chi connectivity index (χ2v) is 2.54. The van der Waals surface area contributed by atoms with E-state index in [2.05, 4.69) is 15.4 Å². The van der Waals surface area contributed by atoms with E-state index in [0.717, 1.165) is 0 Å². The van der Waals surface area contributed by atoms with Crippen molar-refractivity contribution in [3.63, 3.8) is 0 Å². The molecule has 0 aromatic carbocycles. The van der Waals surface area contributed by atoms with Crippen LogP contribution in [0.15, 0.2) is 24.8 Å². The van der Waals surface area contributed by atoms with Gasteiger partial charge in [-0.05, 0) is 0 Å². The summed E-state index contributed by atoms with van der Waals surface area (Å²) in [6.45, 7) is 0.